The molecule has 2 atom stereocenters. The predicted octanol–water partition coefficient (Wildman–Crippen LogP) is 3.33. The summed E-state index contributed by atoms with van der Waals surface area (Å²) < 4.78 is 39.8. The lowest BCUT2D eigenvalue weighted by Gasteiger charge is -2.17. The third kappa shape index (κ3) is 4.01. The molecule has 1 aromatic rings. The van der Waals surface area contributed by atoms with E-state index in [1.807, 2.05) is 13.8 Å². The summed E-state index contributed by atoms with van der Waals surface area (Å²) >= 11 is 0. The van der Waals surface area contributed by atoms with Gasteiger partial charge in [0.05, 0.1) is 12.5 Å². The zero-order valence-electron chi connectivity index (χ0n) is 13.1. The molecule has 0 spiro atoms. The summed E-state index contributed by atoms with van der Waals surface area (Å²) in [5, 5.41) is 6.52. The fraction of sp³-hybridized carbons (Fsp3) is 0.733. The first-order valence-electron chi connectivity index (χ1n) is 7.67. The maximum atomic E-state index is 12.8. The molecule has 1 fully saturated rings. The predicted molar refractivity (Wildman–Crippen MR) is 76.3 cm³/mol. The van der Waals surface area contributed by atoms with E-state index in [0.717, 1.165) is 25.3 Å². The summed E-state index contributed by atoms with van der Waals surface area (Å²) in [7, 11) is 0. The minimum Gasteiger partial charge on any atom is -0.353 e. The van der Waals surface area contributed by atoms with Crippen LogP contribution in [0.2, 0.25) is 0 Å². The molecule has 1 saturated carbocycles. The molecule has 1 aliphatic rings. The molecule has 22 heavy (non-hydrogen) atoms. The van der Waals surface area contributed by atoms with Crippen molar-refractivity contribution in [1.82, 2.24) is 15.1 Å². The highest BCUT2D eigenvalue weighted by Gasteiger charge is 2.38. The molecule has 124 valence electrons. The van der Waals surface area contributed by atoms with Gasteiger partial charge in [0.1, 0.15) is 0 Å². The number of nitrogens with one attached hydrogen (secondary N) is 1. The molecule has 0 aromatic carbocycles. The average Bonchev–Trinajstić information content (AvgIpc) is 3.18. The highest BCUT2D eigenvalue weighted by atomic mass is 19.4. The molecule has 0 saturated heterocycles. The first-order valence-corrected chi connectivity index (χ1v) is 7.67. The zero-order valence-corrected chi connectivity index (χ0v) is 13.1. The zero-order chi connectivity index (χ0) is 16.5. The van der Waals surface area contributed by atoms with Crippen LogP contribution < -0.4 is 5.32 Å². The van der Waals surface area contributed by atoms with E-state index in [2.05, 4.69) is 10.4 Å². The van der Waals surface area contributed by atoms with Gasteiger partial charge in [-0.3, -0.25) is 9.48 Å². The number of aromatic nitrogens is 2. The molecule has 1 aliphatic carbocycles. The van der Waals surface area contributed by atoms with E-state index in [1.165, 1.54) is 4.68 Å². The second kappa shape index (κ2) is 6.30. The van der Waals surface area contributed by atoms with Crippen LogP contribution in [0.25, 0.3) is 0 Å². The van der Waals surface area contributed by atoms with Gasteiger partial charge in [0.2, 0.25) is 5.91 Å². The molecule has 1 amide bonds. The largest absolute Gasteiger partial charge is 0.435 e. The van der Waals surface area contributed by atoms with Gasteiger partial charge in [0.25, 0.3) is 0 Å². The Morgan fingerprint density at radius 2 is 2.09 bits per heavy atom. The second-order valence-corrected chi connectivity index (χ2v) is 6.13. The number of alkyl halides is 3. The first kappa shape index (κ1) is 16.8. The maximum Gasteiger partial charge on any atom is 0.435 e. The minimum atomic E-state index is -4.45. The summed E-state index contributed by atoms with van der Waals surface area (Å²) in [5.74, 6) is -0.430. The van der Waals surface area contributed by atoms with Crippen LogP contribution in [0.3, 0.4) is 0 Å². The van der Waals surface area contributed by atoms with Crippen molar-refractivity contribution >= 4 is 5.91 Å². The molecular formula is C15H22F3N3O. The highest BCUT2D eigenvalue weighted by Crippen LogP contribution is 2.42. The van der Waals surface area contributed by atoms with E-state index in [9.17, 15) is 18.0 Å². The Kier molecular flexibility index (Phi) is 4.82. The SMILES string of the molecule is CCC(C)NC(=O)C(C)Cn1nc(C(F)(F)F)cc1C1CC1. The van der Waals surface area contributed by atoms with Crippen LogP contribution in [0, 0.1) is 5.92 Å². The molecule has 1 heterocycles. The first-order chi connectivity index (χ1) is 10.2. The molecule has 0 aliphatic heterocycles. The number of carbonyl (C=O) groups excluding carboxylic acids is 1. The summed E-state index contributed by atoms with van der Waals surface area (Å²) in [6.07, 6.45) is -1.87. The Labute approximate surface area is 128 Å². The van der Waals surface area contributed by atoms with Crippen molar-refractivity contribution in [3.63, 3.8) is 0 Å². The second-order valence-electron chi connectivity index (χ2n) is 6.13. The van der Waals surface area contributed by atoms with Gasteiger partial charge in [-0.05, 0) is 32.3 Å². The normalized spacial score (nSPS) is 18.1. The van der Waals surface area contributed by atoms with E-state index < -0.39 is 17.8 Å². The van der Waals surface area contributed by atoms with E-state index in [-0.39, 0.29) is 24.4 Å². The van der Waals surface area contributed by atoms with Gasteiger partial charge in [-0.15, -0.1) is 0 Å². The van der Waals surface area contributed by atoms with Crippen molar-refractivity contribution in [3.05, 3.63) is 17.5 Å². The van der Waals surface area contributed by atoms with E-state index >= 15 is 0 Å². The van der Waals surface area contributed by atoms with Crippen LogP contribution in [-0.2, 0) is 17.5 Å². The fourth-order valence-electron chi connectivity index (χ4n) is 2.25. The molecule has 1 N–H and O–H groups in total. The number of nitrogens with zero attached hydrogens (tertiary/aromatic N) is 2. The summed E-state index contributed by atoms with van der Waals surface area (Å²) in [6.45, 7) is 5.74. The number of amides is 1. The lowest BCUT2D eigenvalue weighted by molar-refractivity contribution is -0.141. The molecule has 1 aromatic heterocycles. The number of halogens is 3. The van der Waals surface area contributed by atoms with E-state index in [4.69, 9.17) is 0 Å². The molecule has 4 nitrogen and oxygen atoms in total. The quantitative estimate of drug-likeness (QED) is 0.875. The van der Waals surface area contributed by atoms with Gasteiger partial charge in [0, 0.05) is 17.7 Å². The molecule has 2 unspecified atom stereocenters. The minimum absolute atomic E-state index is 0.0567. The number of carbonyl (C=O) groups is 1. The Hall–Kier alpha value is -1.53. The van der Waals surface area contributed by atoms with Crippen LogP contribution in [0.5, 0.6) is 0 Å². The van der Waals surface area contributed by atoms with Crippen LogP contribution in [0.1, 0.15) is 57.3 Å². The molecule has 7 heteroatoms. The Morgan fingerprint density at radius 1 is 1.45 bits per heavy atom. The number of hydrogen-bond donors (Lipinski definition) is 1. The van der Waals surface area contributed by atoms with E-state index in [0.29, 0.717) is 5.69 Å². The van der Waals surface area contributed by atoms with Crippen LogP contribution >= 0.6 is 0 Å². The maximum absolute atomic E-state index is 12.8. The Balaban J connectivity index is 2.11. The third-order valence-electron chi connectivity index (χ3n) is 3.99. The average molecular weight is 317 g/mol. The van der Waals surface area contributed by atoms with Crippen molar-refractivity contribution in [3.8, 4) is 0 Å². The standard InChI is InChI=1S/C15H22F3N3O/c1-4-10(3)19-14(22)9(2)8-21-12(11-5-6-11)7-13(20-21)15(16,17)18/h7,9-11H,4-6,8H2,1-3H3,(H,19,22). The fourth-order valence-corrected chi connectivity index (χ4v) is 2.25. The van der Waals surface area contributed by atoms with Crippen molar-refractivity contribution in [2.45, 2.75) is 64.7 Å². The number of rotatable bonds is 6. The highest BCUT2D eigenvalue weighted by molar-refractivity contribution is 5.78. The summed E-state index contributed by atoms with van der Waals surface area (Å²) in [6, 6.07) is 1.18. The van der Waals surface area contributed by atoms with Gasteiger partial charge in [-0.1, -0.05) is 13.8 Å². The lowest BCUT2D eigenvalue weighted by Crippen LogP contribution is -2.37. The lowest BCUT2D eigenvalue weighted by atomic mass is 10.1. The Bertz CT molecular complexity index is 535. The van der Waals surface area contributed by atoms with Crippen molar-refractivity contribution in [2.75, 3.05) is 0 Å². The monoisotopic (exact) mass is 317 g/mol. The summed E-state index contributed by atoms with van der Waals surface area (Å²) in [5.41, 5.74) is -0.278. The van der Waals surface area contributed by atoms with E-state index in [1.54, 1.807) is 6.92 Å². The van der Waals surface area contributed by atoms with Crippen molar-refractivity contribution in [1.29, 1.82) is 0 Å². The van der Waals surface area contributed by atoms with Crippen molar-refractivity contribution in [2.24, 2.45) is 5.92 Å². The molecular weight excluding hydrogens is 295 g/mol. The summed E-state index contributed by atoms with van der Waals surface area (Å²) in [4.78, 5) is 12.0. The van der Waals surface area contributed by atoms with Crippen LogP contribution in [0.4, 0.5) is 13.2 Å². The Morgan fingerprint density at radius 3 is 2.59 bits per heavy atom. The van der Waals surface area contributed by atoms with Gasteiger partial charge in [-0.2, -0.15) is 18.3 Å². The van der Waals surface area contributed by atoms with Gasteiger partial charge >= 0.3 is 6.18 Å². The smallest absolute Gasteiger partial charge is 0.353 e. The molecule has 2 rings (SSSR count). The molecule has 0 radical (unpaired) electrons. The van der Waals surface area contributed by atoms with Crippen LogP contribution in [0.15, 0.2) is 6.07 Å². The number of hydrogen-bond acceptors (Lipinski definition) is 2. The van der Waals surface area contributed by atoms with Gasteiger partial charge < -0.3 is 5.32 Å². The van der Waals surface area contributed by atoms with Crippen molar-refractivity contribution < 1.29 is 18.0 Å². The topological polar surface area (TPSA) is 46.9 Å². The third-order valence-corrected chi connectivity index (χ3v) is 3.99. The molecule has 0 bridgehead atoms. The van der Waals surface area contributed by atoms with Gasteiger partial charge in [0.15, 0.2) is 5.69 Å². The van der Waals surface area contributed by atoms with Gasteiger partial charge in [-0.25, -0.2) is 0 Å². The van der Waals surface area contributed by atoms with Crippen LogP contribution in [-0.4, -0.2) is 21.7 Å².